The molecule has 16 heavy (non-hydrogen) atoms. The van der Waals surface area contributed by atoms with Crippen LogP contribution in [0.15, 0.2) is 12.3 Å². The summed E-state index contributed by atoms with van der Waals surface area (Å²) in [4.78, 5) is 15.7. The summed E-state index contributed by atoms with van der Waals surface area (Å²) in [7, 11) is 1.56. The van der Waals surface area contributed by atoms with Gasteiger partial charge in [-0.25, -0.2) is 4.79 Å². The number of hydrogen-bond donors (Lipinski definition) is 1. The largest absolute Gasteiger partial charge is 0.459 e. The van der Waals surface area contributed by atoms with Gasteiger partial charge in [0.15, 0.2) is 0 Å². The summed E-state index contributed by atoms with van der Waals surface area (Å²) < 4.78 is 10.0. The van der Waals surface area contributed by atoms with Crippen LogP contribution in [0.25, 0.3) is 0 Å². The van der Waals surface area contributed by atoms with Crippen LogP contribution in [0.5, 0.6) is 0 Å². The van der Waals surface area contributed by atoms with Crippen LogP contribution in [0.3, 0.4) is 0 Å². The number of hydrogen-bond acceptors (Lipinski definition) is 5. The molecule has 0 aliphatic carbocycles. The normalized spacial score (nSPS) is 12.2. The third-order valence-electron chi connectivity index (χ3n) is 2.18. The lowest BCUT2D eigenvalue weighted by Gasteiger charge is -2.11. The van der Waals surface area contributed by atoms with E-state index in [0.717, 1.165) is 0 Å². The second-order valence-electron chi connectivity index (χ2n) is 3.55. The highest BCUT2D eigenvalue weighted by atomic mass is 16.6. The Morgan fingerprint density at radius 2 is 2.31 bits per heavy atom. The molecule has 1 unspecified atom stereocenters. The van der Waals surface area contributed by atoms with Crippen molar-refractivity contribution in [2.24, 2.45) is 0 Å². The van der Waals surface area contributed by atoms with Crippen molar-refractivity contribution < 1.29 is 14.3 Å². The topological polar surface area (TPSA) is 74.4 Å². The van der Waals surface area contributed by atoms with Crippen LogP contribution in [-0.4, -0.2) is 30.8 Å². The zero-order chi connectivity index (χ0) is 12.1. The maximum absolute atomic E-state index is 11.7. The lowest BCUT2D eigenvalue weighted by Crippen LogP contribution is -2.18. The van der Waals surface area contributed by atoms with Crippen molar-refractivity contribution in [3.05, 3.63) is 23.5 Å². The van der Waals surface area contributed by atoms with E-state index in [4.69, 9.17) is 15.2 Å². The molecule has 0 fully saturated rings. The number of pyridine rings is 1. The Kier molecular flexibility index (Phi) is 4.25. The molecule has 88 valence electrons. The Morgan fingerprint density at radius 1 is 1.62 bits per heavy atom. The average Bonchev–Trinajstić information content (AvgIpc) is 2.28. The third-order valence-corrected chi connectivity index (χ3v) is 2.18. The van der Waals surface area contributed by atoms with Gasteiger partial charge in [0.1, 0.15) is 6.61 Å². The number of nitrogens with two attached hydrogens (primary N) is 1. The highest BCUT2D eigenvalue weighted by Crippen LogP contribution is 2.11. The molecule has 1 aromatic rings. The maximum Gasteiger partial charge on any atom is 0.340 e. The number of rotatable bonds is 4. The first-order chi connectivity index (χ1) is 7.54. The summed E-state index contributed by atoms with van der Waals surface area (Å²) in [5.41, 5.74) is 6.99. The van der Waals surface area contributed by atoms with Gasteiger partial charge in [0.05, 0.1) is 29.2 Å². The van der Waals surface area contributed by atoms with Crippen LogP contribution in [0.2, 0.25) is 0 Å². The summed E-state index contributed by atoms with van der Waals surface area (Å²) in [5.74, 6) is -0.429. The summed E-state index contributed by atoms with van der Waals surface area (Å²) in [6.45, 7) is 3.76. The standard InChI is InChI=1S/C11H16N2O3/c1-7(15-3)6-16-11(14)10-4-9(12)5-13-8(10)2/h4-5,7H,6,12H2,1-3H3. The summed E-state index contributed by atoms with van der Waals surface area (Å²) in [6.07, 6.45) is 1.38. The number of nitrogens with zero attached hydrogens (tertiary/aromatic N) is 1. The fourth-order valence-electron chi connectivity index (χ4n) is 1.09. The Hall–Kier alpha value is -1.62. The maximum atomic E-state index is 11.7. The molecule has 0 saturated heterocycles. The van der Waals surface area contributed by atoms with Crippen LogP contribution < -0.4 is 5.73 Å². The highest BCUT2D eigenvalue weighted by Gasteiger charge is 2.13. The van der Waals surface area contributed by atoms with E-state index in [0.29, 0.717) is 16.9 Å². The molecule has 5 heteroatoms. The molecule has 1 heterocycles. The molecule has 0 aliphatic rings. The van der Waals surface area contributed by atoms with Gasteiger partial charge in [0, 0.05) is 7.11 Å². The number of carbonyl (C=O) groups is 1. The molecule has 0 amide bonds. The number of carbonyl (C=O) groups excluding carboxylic acids is 1. The molecule has 1 aromatic heterocycles. The molecule has 5 nitrogen and oxygen atoms in total. The molecule has 0 bridgehead atoms. The van der Waals surface area contributed by atoms with Gasteiger partial charge >= 0.3 is 5.97 Å². The van der Waals surface area contributed by atoms with Crippen molar-refractivity contribution in [3.63, 3.8) is 0 Å². The Labute approximate surface area is 94.6 Å². The number of anilines is 1. The minimum Gasteiger partial charge on any atom is -0.459 e. The molecule has 1 rings (SSSR count). The van der Waals surface area contributed by atoms with Crippen molar-refractivity contribution in [2.75, 3.05) is 19.5 Å². The van der Waals surface area contributed by atoms with Crippen LogP contribution >= 0.6 is 0 Å². The van der Waals surface area contributed by atoms with Gasteiger partial charge in [-0.1, -0.05) is 0 Å². The van der Waals surface area contributed by atoms with E-state index in [2.05, 4.69) is 4.98 Å². The zero-order valence-electron chi connectivity index (χ0n) is 9.69. The summed E-state index contributed by atoms with van der Waals surface area (Å²) in [5, 5.41) is 0. The first-order valence-corrected chi connectivity index (χ1v) is 4.96. The SMILES string of the molecule is COC(C)COC(=O)c1cc(N)cnc1C. The first-order valence-electron chi connectivity index (χ1n) is 4.96. The second kappa shape index (κ2) is 5.46. The van der Waals surface area contributed by atoms with Crippen molar-refractivity contribution >= 4 is 11.7 Å². The lowest BCUT2D eigenvalue weighted by atomic mass is 10.2. The van der Waals surface area contributed by atoms with E-state index in [-0.39, 0.29) is 12.7 Å². The van der Waals surface area contributed by atoms with Gasteiger partial charge in [-0.3, -0.25) is 4.98 Å². The first kappa shape index (κ1) is 12.4. The quantitative estimate of drug-likeness (QED) is 0.777. The number of aromatic nitrogens is 1. The van der Waals surface area contributed by atoms with Crippen molar-refractivity contribution in [3.8, 4) is 0 Å². The van der Waals surface area contributed by atoms with E-state index in [1.54, 1.807) is 20.1 Å². The van der Waals surface area contributed by atoms with Gasteiger partial charge in [-0.2, -0.15) is 0 Å². The molecule has 1 atom stereocenters. The number of nitrogen functional groups attached to an aromatic ring is 1. The second-order valence-corrected chi connectivity index (χ2v) is 3.55. The molecule has 0 radical (unpaired) electrons. The minimum atomic E-state index is -0.429. The Balaban J connectivity index is 2.69. The van der Waals surface area contributed by atoms with E-state index in [9.17, 15) is 4.79 Å². The van der Waals surface area contributed by atoms with Gasteiger partial charge < -0.3 is 15.2 Å². The molecule has 2 N–H and O–H groups in total. The average molecular weight is 224 g/mol. The smallest absolute Gasteiger partial charge is 0.340 e. The number of methoxy groups -OCH3 is 1. The lowest BCUT2D eigenvalue weighted by molar-refractivity contribution is 0.0168. The van der Waals surface area contributed by atoms with E-state index in [1.807, 2.05) is 6.92 Å². The molecular weight excluding hydrogens is 208 g/mol. The molecule has 0 aromatic carbocycles. The van der Waals surface area contributed by atoms with E-state index < -0.39 is 5.97 Å². The van der Waals surface area contributed by atoms with Crippen LogP contribution in [0.4, 0.5) is 5.69 Å². The minimum absolute atomic E-state index is 0.127. The third kappa shape index (κ3) is 3.20. The highest BCUT2D eigenvalue weighted by molar-refractivity contribution is 5.91. The van der Waals surface area contributed by atoms with Gasteiger partial charge in [0.25, 0.3) is 0 Å². The predicted molar refractivity (Wildman–Crippen MR) is 60.1 cm³/mol. The van der Waals surface area contributed by atoms with Gasteiger partial charge in [0.2, 0.25) is 0 Å². The Bertz CT molecular complexity index is 379. The van der Waals surface area contributed by atoms with Crippen LogP contribution in [0, 0.1) is 6.92 Å². The summed E-state index contributed by atoms with van der Waals surface area (Å²) in [6, 6.07) is 1.56. The number of esters is 1. The summed E-state index contributed by atoms with van der Waals surface area (Å²) >= 11 is 0. The molecule has 0 saturated carbocycles. The van der Waals surface area contributed by atoms with Crippen LogP contribution in [-0.2, 0) is 9.47 Å². The zero-order valence-corrected chi connectivity index (χ0v) is 9.69. The molecule has 0 spiro atoms. The van der Waals surface area contributed by atoms with Crippen molar-refractivity contribution in [1.29, 1.82) is 0 Å². The fourth-order valence-corrected chi connectivity index (χ4v) is 1.09. The molecular formula is C11H16N2O3. The van der Waals surface area contributed by atoms with Gasteiger partial charge in [-0.15, -0.1) is 0 Å². The van der Waals surface area contributed by atoms with E-state index >= 15 is 0 Å². The monoisotopic (exact) mass is 224 g/mol. The molecule has 0 aliphatic heterocycles. The van der Waals surface area contributed by atoms with E-state index in [1.165, 1.54) is 6.20 Å². The number of ether oxygens (including phenoxy) is 2. The number of aryl methyl sites for hydroxylation is 1. The van der Waals surface area contributed by atoms with Crippen LogP contribution in [0.1, 0.15) is 23.0 Å². The van der Waals surface area contributed by atoms with Crippen molar-refractivity contribution in [2.45, 2.75) is 20.0 Å². The predicted octanol–water partition coefficient (Wildman–Crippen LogP) is 1.16. The van der Waals surface area contributed by atoms with Gasteiger partial charge in [-0.05, 0) is 19.9 Å². The fraction of sp³-hybridized carbons (Fsp3) is 0.455. The Morgan fingerprint density at radius 3 is 2.94 bits per heavy atom. The van der Waals surface area contributed by atoms with Crippen molar-refractivity contribution in [1.82, 2.24) is 4.98 Å².